The van der Waals surface area contributed by atoms with Gasteiger partial charge in [0.2, 0.25) is 0 Å². The summed E-state index contributed by atoms with van der Waals surface area (Å²) in [6.07, 6.45) is 5.23. The zero-order valence-corrected chi connectivity index (χ0v) is 10.4. The molecule has 0 saturated heterocycles. The molecule has 0 amide bonds. The third kappa shape index (κ3) is 6.37. The van der Waals surface area contributed by atoms with Crippen molar-refractivity contribution in [3.05, 3.63) is 0 Å². The van der Waals surface area contributed by atoms with E-state index >= 15 is 0 Å². The third-order valence-electron chi connectivity index (χ3n) is 2.84. The minimum Gasteiger partial charge on any atom is -0.126 e. The van der Waals surface area contributed by atoms with Gasteiger partial charge in [-0.1, -0.05) is 40.5 Å². The molecule has 0 aliphatic carbocycles. The second kappa shape index (κ2) is 7.67. The van der Waals surface area contributed by atoms with Crippen LogP contribution in [-0.2, 0) is 0 Å². The number of hydrogen-bond acceptors (Lipinski definition) is 0. The summed E-state index contributed by atoms with van der Waals surface area (Å²) in [7, 11) is 0. The zero-order chi connectivity index (χ0) is 10.3. The molecule has 0 radical (unpaired) electrons. The van der Waals surface area contributed by atoms with Crippen molar-refractivity contribution in [2.24, 2.45) is 17.8 Å². The normalized spacial score (nSPS) is 14.1. The molecule has 1 atom stereocenters. The molecule has 1 unspecified atom stereocenters. The lowest BCUT2D eigenvalue weighted by Gasteiger charge is -2.21. The molecule has 13 heavy (non-hydrogen) atoms. The van der Waals surface area contributed by atoms with Crippen LogP contribution in [0.1, 0.15) is 53.4 Å². The van der Waals surface area contributed by atoms with Crippen molar-refractivity contribution < 1.29 is 0 Å². The van der Waals surface area contributed by atoms with E-state index in [-0.39, 0.29) is 0 Å². The Labute approximate surface area is 89.1 Å². The highest BCUT2D eigenvalue weighted by Crippen LogP contribution is 2.24. The van der Waals surface area contributed by atoms with Gasteiger partial charge in [0.25, 0.3) is 0 Å². The van der Waals surface area contributed by atoms with Gasteiger partial charge in [0.1, 0.15) is 0 Å². The van der Waals surface area contributed by atoms with Crippen LogP contribution in [0, 0.1) is 17.8 Å². The smallest absolute Gasteiger partial charge is 0.0251 e. The van der Waals surface area contributed by atoms with Gasteiger partial charge in [-0.15, -0.1) is 11.6 Å². The van der Waals surface area contributed by atoms with Crippen molar-refractivity contribution in [3.8, 4) is 0 Å². The van der Waals surface area contributed by atoms with Crippen molar-refractivity contribution in [1.82, 2.24) is 0 Å². The highest BCUT2D eigenvalue weighted by Gasteiger charge is 2.14. The summed E-state index contributed by atoms with van der Waals surface area (Å²) in [5.74, 6) is 3.27. The fraction of sp³-hybridized carbons (Fsp3) is 1.00. The van der Waals surface area contributed by atoms with Crippen molar-refractivity contribution in [3.63, 3.8) is 0 Å². The third-order valence-corrected chi connectivity index (χ3v) is 3.28. The molecule has 0 spiro atoms. The minimum atomic E-state index is 0.742. The van der Waals surface area contributed by atoms with Crippen LogP contribution in [0.3, 0.4) is 0 Å². The molecule has 0 aromatic heterocycles. The van der Waals surface area contributed by atoms with Gasteiger partial charge in [-0.2, -0.15) is 0 Å². The Kier molecular flexibility index (Phi) is 7.84. The second-order valence-electron chi connectivity index (χ2n) is 4.57. The van der Waals surface area contributed by atoms with Gasteiger partial charge < -0.3 is 0 Å². The summed E-state index contributed by atoms with van der Waals surface area (Å²) < 4.78 is 0. The molecule has 0 aromatic carbocycles. The monoisotopic (exact) mass is 204 g/mol. The molecule has 0 aliphatic rings. The van der Waals surface area contributed by atoms with Crippen LogP contribution in [0.2, 0.25) is 0 Å². The predicted octanol–water partition coefficient (Wildman–Crippen LogP) is 4.71. The van der Waals surface area contributed by atoms with Crippen LogP contribution in [0.5, 0.6) is 0 Å². The van der Waals surface area contributed by atoms with E-state index in [0.29, 0.717) is 0 Å². The van der Waals surface area contributed by atoms with Gasteiger partial charge in [-0.3, -0.25) is 0 Å². The summed E-state index contributed by atoms with van der Waals surface area (Å²) in [6.45, 7) is 9.14. The Morgan fingerprint density at radius 3 is 1.77 bits per heavy atom. The lowest BCUT2D eigenvalue weighted by molar-refractivity contribution is 0.331. The Balaban J connectivity index is 3.80. The van der Waals surface area contributed by atoms with Crippen LogP contribution in [-0.4, -0.2) is 5.88 Å². The number of hydrogen-bond donors (Lipinski definition) is 0. The lowest BCUT2D eigenvalue weighted by Crippen LogP contribution is -2.12. The average molecular weight is 205 g/mol. The van der Waals surface area contributed by atoms with E-state index in [4.69, 9.17) is 11.6 Å². The first-order valence-corrected chi connectivity index (χ1v) is 6.23. The molecular weight excluding hydrogens is 180 g/mol. The van der Waals surface area contributed by atoms with E-state index in [0.717, 1.165) is 23.6 Å². The summed E-state index contributed by atoms with van der Waals surface area (Å²) in [6, 6.07) is 0. The maximum atomic E-state index is 5.97. The number of halogens is 1. The Morgan fingerprint density at radius 2 is 1.46 bits per heavy atom. The Hall–Kier alpha value is 0.290. The largest absolute Gasteiger partial charge is 0.126 e. The predicted molar refractivity (Wildman–Crippen MR) is 62.4 cm³/mol. The molecule has 0 bridgehead atoms. The topological polar surface area (TPSA) is 0 Å². The first kappa shape index (κ1) is 13.3. The summed E-state index contributed by atoms with van der Waals surface area (Å²) in [4.78, 5) is 0. The van der Waals surface area contributed by atoms with Gasteiger partial charge in [-0.05, 0) is 30.6 Å². The Morgan fingerprint density at radius 1 is 0.923 bits per heavy atom. The Bertz CT molecular complexity index is 106. The van der Waals surface area contributed by atoms with Gasteiger partial charge in [0, 0.05) is 5.88 Å². The molecule has 0 aromatic rings. The fourth-order valence-electron chi connectivity index (χ4n) is 1.98. The number of alkyl halides is 1. The van der Waals surface area contributed by atoms with Crippen LogP contribution < -0.4 is 0 Å². The van der Waals surface area contributed by atoms with Crippen LogP contribution in [0.25, 0.3) is 0 Å². The van der Waals surface area contributed by atoms with Crippen molar-refractivity contribution in [2.75, 3.05) is 5.88 Å². The second-order valence-corrected chi connectivity index (χ2v) is 4.88. The molecule has 0 rings (SSSR count). The van der Waals surface area contributed by atoms with E-state index < -0.39 is 0 Å². The summed E-state index contributed by atoms with van der Waals surface area (Å²) in [5, 5.41) is 0. The minimum absolute atomic E-state index is 0.742. The van der Waals surface area contributed by atoms with Crippen molar-refractivity contribution in [1.29, 1.82) is 0 Å². The highest BCUT2D eigenvalue weighted by atomic mass is 35.5. The van der Waals surface area contributed by atoms with E-state index in [1.807, 2.05) is 0 Å². The maximum absolute atomic E-state index is 5.97. The summed E-state index contributed by atoms with van der Waals surface area (Å²) >= 11 is 5.97. The van der Waals surface area contributed by atoms with Crippen LogP contribution in [0.4, 0.5) is 0 Å². The molecule has 0 nitrogen and oxygen atoms in total. The highest BCUT2D eigenvalue weighted by molar-refractivity contribution is 6.18. The first-order valence-electron chi connectivity index (χ1n) is 5.69. The van der Waals surface area contributed by atoms with Crippen molar-refractivity contribution >= 4 is 11.6 Å². The lowest BCUT2D eigenvalue weighted by atomic mass is 9.87. The number of rotatable bonds is 7. The molecule has 0 heterocycles. The molecular formula is C12H25Cl. The summed E-state index contributed by atoms with van der Waals surface area (Å²) in [5.41, 5.74) is 0. The quantitative estimate of drug-likeness (QED) is 0.527. The zero-order valence-electron chi connectivity index (χ0n) is 9.65. The van der Waals surface area contributed by atoms with E-state index in [2.05, 4.69) is 27.7 Å². The molecule has 0 saturated carbocycles. The first-order chi connectivity index (χ1) is 6.13. The molecule has 0 aliphatic heterocycles. The molecule has 1 heteroatoms. The van der Waals surface area contributed by atoms with Crippen molar-refractivity contribution in [2.45, 2.75) is 53.4 Å². The van der Waals surface area contributed by atoms with Gasteiger partial charge in [-0.25, -0.2) is 0 Å². The molecule has 0 fully saturated rings. The van der Waals surface area contributed by atoms with Gasteiger partial charge in [0.15, 0.2) is 0 Å². The fourth-order valence-corrected chi connectivity index (χ4v) is 2.23. The maximum Gasteiger partial charge on any atom is 0.0251 e. The van der Waals surface area contributed by atoms with Gasteiger partial charge in [0.05, 0.1) is 0 Å². The van der Waals surface area contributed by atoms with Gasteiger partial charge >= 0.3 is 0 Å². The average Bonchev–Trinajstić information content (AvgIpc) is 2.11. The van der Waals surface area contributed by atoms with Crippen LogP contribution in [0.15, 0.2) is 0 Å². The van der Waals surface area contributed by atoms with E-state index in [9.17, 15) is 0 Å². The SMILES string of the molecule is CCC(CC)CC(CCl)CC(C)C. The van der Waals surface area contributed by atoms with Crippen LogP contribution >= 0.6 is 11.6 Å². The van der Waals surface area contributed by atoms with E-state index in [1.165, 1.54) is 25.7 Å². The molecule has 80 valence electrons. The standard InChI is InChI=1S/C12H25Cl/c1-5-11(6-2)8-12(9-13)7-10(3)4/h10-12H,5-9H2,1-4H3. The van der Waals surface area contributed by atoms with E-state index in [1.54, 1.807) is 0 Å². The molecule has 0 N–H and O–H groups in total.